The molecule has 2 amide bonds. The first-order valence-corrected chi connectivity index (χ1v) is 12.9. The van der Waals surface area contributed by atoms with Gasteiger partial charge in [-0.25, -0.2) is 0 Å². The largest absolute Gasteiger partial charge is 0.490 e. The van der Waals surface area contributed by atoms with Crippen molar-refractivity contribution in [1.82, 2.24) is 4.90 Å². The molecule has 0 atom stereocenters. The number of fused-ring (bicyclic) bond motifs is 1. The van der Waals surface area contributed by atoms with Crippen molar-refractivity contribution in [2.24, 2.45) is 5.92 Å². The molecule has 1 aliphatic rings. The van der Waals surface area contributed by atoms with Crippen LogP contribution in [0, 0.1) is 5.92 Å². The van der Waals surface area contributed by atoms with E-state index in [4.69, 9.17) is 14.2 Å². The first-order chi connectivity index (χ1) is 17.8. The smallest absolute Gasteiger partial charge is 0.326 e. The molecular formula is C29H29NO6S. The summed E-state index contributed by atoms with van der Waals surface area (Å²) in [5.74, 6) is 0.148. The Kier molecular flexibility index (Phi) is 8.50. The summed E-state index contributed by atoms with van der Waals surface area (Å²) in [4.78, 5) is 38.3. The van der Waals surface area contributed by atoms with Crippen LogP contribution < -0.4 is 9.47 Å². The van der Waals surface area contributed by atoms with Gasteiger partial charge < -0.3 is 14.2 Å². The topological polar surface area (TPSA) is 82.1 Å². The molecule has 3 aromatic rings. The van der Waals surface area contributed by atoms with Gasteiger partial charge in [-0.1, -0.05) is 56.3 Å². The van der Waals surface area contributed by atoms with Gasteiger partial charge >= 0.3 is 5.97 Å². The fourth-order valence-electron chi connectivity index (χ4n) is 3.71. The van der Waals surface area contributed by atoms with Gasteiger partial charge in [-0.15, -0.1) is 0 Å². The standard InChI is InChI=1S/C29H29NO6S/c1-4-34-25-14-20(15-26-28(32)30(29(33)37-26)16-27(31)36-17-19(2)3)10-12-24(25)35-18-21-9-11-22-7-5-6-8-23(22)13-21/h5-15,19H,4,16-18H2,1-3H3/b26-15+. The first-order valence-electron chi connectivity index (χ1n) is 12.1. The van der Waals surface area contributed by atoms with Crippen LogP contribution in [0.3, 0.4) is 0 Å². The zero-order valence-electron chi connectivity index (χ0n) is 21.1. The average Bonchev–Trinajstić information content (AvgIpc) is 3.14. The van der Waals surface area contributed by atoms with Gasteiger partial charge in [-0.3, -0.25) is 19.3 Å². The van der Waals surface area contributed by atoms with E-state index in [0.29, 0.717) is 30.3 Å². The van der Waals surface area contributed by atoms with Crippen molar-refractivity contribution in [1.29, 1.82) is 0 Å². The number of hydrogen-bond donors (Lipinski definition) is 0. The summed E-state index contributed by atoms with van der Waals surface area (Å²) >= 11 is 0.794. The van der Waals surface area contributed by atoms with Gasteiger partial charge in [0.2, 0.25) is 0 Å². The summed E-state index contributed by atoms with van der Waals surface area (Å²) in [5, 5.41) is 1.81. The van der Waals surface area contributed by atoms with Crippen molar-refractivity contribution >= 4 is 45.7 Å². The molecule has 7 nitrogen and oxygen atoms in total. The second-order valence-corrected chi connectivity index (χ2v) is 9.95. The lowest BCUT2D eigenvalue weighted by molar-refractivity contribution is -0.147. The van der Waals surface area contributed by atoms with Crippen molar-refractivity contribution < 1.29 is 28.6 Å². The highest BCUT2D eigenvalue weighted by molar-refractivity contribution is 8.18. The van der Waals surface area contributed by atoms with Crippen molar-refractivity contribution in [3.05, 3.63) is 76.7 Å². The number of carbonyl (C=O) groups is 3. The molecular weight excluding hydrogens is 490 g/mol. The fourth-order valence-corrected chi connectivity index (χ4v) is 4.55. The Labute approximate surface area is 220 Å². The molecule has 1 heterocycles. The lowest BCUT2D eigenvalue weighted by Gasteiger charge is -2.13. The number of esters is 1. The lowest BCUT2D eigenvalue weighted by atomic mass is 10.1. The molecule has 0 unspecified atom stereocenters. The van der Waals surface area contributed by atoms with Gasteiger partial charge in [0.25, 0.3) is 11.1 Å². The van der Waals surface area contributed by atoms with Crippen LogP contribution in [-0.4, -0.2) is 41.8 Å². The molecule has 37 heavy (non-hydrogen) atoms. The van der Waals surface area contributed by atoms with E-state index < -0.39 is 23.7 Å². The number of amides is 2. The molecule has 0 spiro atoms. The third kappa shape index (κ3) is 6.71. The zero-order valence-corrected chi connectivity index (χ0v) is 21.9. The molecule has 0 radical (unpaired) electrons. The molecule has 0 bridgehead atoms. The first kappa shape index (κ1) is 26.3. The van der Waals surface area contributed by atoms with Crippen molar-refractivity contribution in [3.8, 4) is 11.5 Å². The monoisotopic (exact) mass is 519 g/mol. The summed E-state index contributed by atoms with van der Waals surface area (Å²) in [6.07, 6.45) is 1.61. The van der Waals surface area contributed by atoms with E-state index >= 15 is 0 Å². The van der Waals surface area contributed by atoms with E-state index in [-0.39, 0.29) is 17.4 Å². The van der Waals surface area contributed by atoms with Crippen LogP contribution in [-0.2, 0) is 20.9 Å². The van der Waals surface area contributed by atoms with Crippen LogP contribution in [0.2, 0.25) is 0 Å². The summed E-state index contributed by atoms with van der Waals surface area (Å²) in [6.45, 7) is 6.34. The van der Waals surface area contributed by atoms with Gasteiger partial charge in [0.1, 0.15) is 13.2 Å². The minimum absolute atomic E-state index is 0.165. The number of rotatable bonds is 10. The molecule has 0 N–H and O–H groups in total. The number of nitrogens with zero attached hydrogens (tertiary/aromatic N) is 1. The number of ether oxygens (including phenoxy) is 3. The van der Waals surface area contributed by atoms with E-state index in [9.17, 15) is 14.4 Å². The van der Waals surface area contributed by atoms with Gasteiger partial charge in [-0.2, -0.15) is 0 Å². The Morgan fingerprint density at radius 3 is 2.51 bits per heavy atom. The van der Waals surface area contributed by atoms with E-state index in [1.54, 1.807) is 24.3 Å². The fraction of sp³-hybridized carbons (Fsp3) is 0.276. The minimum Gasteiger partial charge on any atom is -0.490 e. The number of thioether (sulfide) groups is 1. The van der Waals surface area contributed by atoms with Crippen LogP contribution in [0.1, 0.15) is 31.9 Å². The molecule has 4 rings (SSSR count). The molecule has 1 fully saturated rings. The van der Waals surface area contributed by atoms with Gasteiger partial charge in [-0.05, 0) is 70.8 Å². The summed E-state index contributed by atoms with van der Waals surface area (Å²) < 4.78 is 16.9. The van der Waals surface area contributed by atoms with Crippen LogP contribution >= 0.6 is 11.8 Å². The Morgan fingerprint density at radius 1 is 0.973 bits per heavy atom. The van der Waals surface area contributed by atoms with Gasteiger partial charge in [0.05, 0.1) is 18.1 Å². The summed E-state index contributed by atoms with van der Waals surface area (Å²) in [6, 6.07) is 19.7. The molecule has 1 aliphatic heterocycles. The average molecular weight is 520 g/mol. The lowest BCUT2D eigenvalue weighted by Crippen LogP contribution is -2.34. The molecule has 1 saturated heterocycles. The number of hydrogen-bond acceptors (Lipinski definition) is 7. The van der Waals surface area contributed by atoms with Crippen molar-refractivity contribution in [2.75, 3.05) is 19.8 Å². The maximum Gasteiger partial charge on any atom is 0.326 e. The van der Waals surface area contributed by atoms with Crippen LogP contribution in [0.15, 0.2) is 65.6 Å². The number of carbonyl (C=O) groups excluding carboxylic acids is 3. The zero-order chi connectivity index (χ0) is 26.4. The van der Waals surface area contributed by atoms with E-state index in [1.165, 1.54) is 5.39 Å². The number of benzene rings is 3. The molecule has 0 aromatic heterocycles. The molecule has 0 aliphatic carbocycles. The van der Waals surface area contributed by atoms with Gasteiger partial charge in [0, 0.05) is 0 Å². The Balaban J connectivity index is 1.46. The van der Waals surface area contributed by atoms with Crippen molar-refractivity contribution in [3.63, 3.8) is 0 Å². The molecule has 3 aromatic carbocycles. The van der Waals surface area contributed by atoms with Crippen LogP contribution in [0.4, 0.5) is 4.79 Å². The number of imide groups is 1. The van der Waals surface area contributed by atoms with E-state index in [2.05, 4.69) is 24.3 Å². The Hall–Kier alpha value is -3.78. The second-order valence-electron chi connectivity index (χ2n) is 8.95. The van der Waals surface area contributed by atoms with Crippen molar-refractivity contribution in [2.45, 2.75) is 27.4 Å². The predicted octanol–water partition coefficient (Wildman–Crippen LogP) is 6.05. The second kappa shape index (κ2) is 12.0. The van der Waals surface area contributed by atoms with E-state index in [0.717, 1.165) is 27.6 Å². The normalized spacial score (nSPS) is 14.6. The SMILES string of the molecule is CCOc1cc(/C=C2/SC(=O)N(CC(=O)OCC(C)C)C2=O)ccc1OCc1ccc2ccccc2c1. The highest BCUT2D eigenvalue weighted by Crippen LogP contribution is 2.35. The molecule has 8 heteroatoms. The van der Waals surface area contributed by atoms with E-state index in [1.807, 2.05) is 39.0 Å². The Bertz CT molecular complexity index is 1350. The maximum atomic E-state index is 12.8. The van der Waals surface area contributed by atoms with Crippen LogP contribution in [0.25, 0.3) is 16.8 Å². The highest BCUT2D eigenvalue weighted by atomic mass is 32.2. The molecule has 0 saturated carbocycles. The summed E-state index contributed by atoms with van der Waals surface area (Å²) in [7, 11) is 0. The third-order valence-electron chi connectivity index (χ3n) is 5.51. The Morgan fingerprint density at radius 2 is 1.76 bits per heavy atom. The highest BCUT2D eigenvalue weighted by Gasteiger charge is 2.36. The quantitative estimate of drug-likeness (QED) is 0.238. The minimum atomic E-state index is -0.608. The predicted molar refractivity (Wildman–Crippen MR) is 144 cm³/mol. The third-order valence-corrected chi connectivity index (χ3v) is 6.42. The maximum absolute atomic E-state index is 12.8. The van der Waals surface area contributed by atoms with Crippen LogP contribution in [0.5, 0.6) is 11.5 Å². The summed E-state index contributed by atoms with van der Waals surface area (Å²) in [5.41, 5.74) is 1.71. The van der Waals surface area contributed by atoms with Gasteiger partial charge in [0.15, 0.2) is 11.5 Å². The molecule has 192 valence electrons.